The molecular formula is C20H25Cl2N3O3S2. The second kappa shape index (κ2) is 11.2. The predicted octanol–water partition coefficient (Wildman–Crippen LogP) is 5.44. The number of thiophene rings is 1. The molecule has 10 heteroatoms. The fourth-order valence-corrected chi connectivity index (χ4v) is 5.11. The molecule has 0 saturated carbocycles. The number of thiazole rings is 1. The maximum absolute atomic E-state index is 13.3. The number of hydrogen-bond acceptors (Lipinski definition) is 7. The largest absolute Gasteiger partial charge is 0.495 e. The van der Waals surface area contributed by atoms with Gasteiger partial charge in [-0.2, -0.15) is 0 Å². The topological polar surface area (TPSA) is 54.9 Å². The highest BCUT2D eigenvalue weighted by Gasteiger charge is 2.25. The lowest BCUT2D eigenvalue weighted by Gasteiger charge is -2.24. The van der Waals surface area contributed by atoms with E-state index >= 15 is 0 Å². The SMILES string of the molecule is CCN(CC)CCN(C(=O)c1ccc(Cl)s1)c1nc2c(OC)ccc(OC)c2s1.Cl. The van der Waals surface area contributed by atoms with Gasteiger partial charge in [0.25, 0.3) is 5.91 Å². The second-order valence-corrected chi connectivity index (χ2v) is 8.92. The average molecular weight is 490 g/mol. The summed E-state index contributed by atoms with van der Waals surface area (Å²) in [5.74, 6) is 1.25. The van der Waals surface area contributed by atoms with Crippen LogP contribution in [0.2, 0.25) is 4.34 Å². The summed E-state index contributed by atoms with van der Waals surface area (Å²) in [6.07, 6.45) is 0. The van der Waals surface area contributed by atoms with E-state index in [2.05, 4.69) is 18.7 Å². The lowest BCUT2D eigenvalue weighted by atomic mass is 10.3. The number of carbonyl (C=O) groups excluding carboxylic acids is 1. The minimum absolute atomic E-state index is 0. The number of rotatable bonds is 9. The Kier molecular flexibility index (Phi) is 9.18. The predicted molar refractivity (Wildman–Crippen MR) is 129 cm³/mol. The minimum atomic E-state index is -0.106. The van der Waals surface area contributed by atoms with E-state index in [4.69, 9.17) is 26.1 Å². The summed E-state index contributed by atoms with van der Waals surface area (Å²) in [6.45, 7) is 7.35. The third-order valence-electron chi connectivity index (χ3n) is 4.69. The van der Waals surface area contributed by atoms with Crippen molar-refractivity contribution >= 4 is 67.9 Å². The maximum atomic E-state index is 13.3. The van der Waals surface area contributed by atoms with E-state index in [1.54, 1.807) is 31.3 Å². The van der Waals surface area contributed by atoms with Crippen LogP contribution < -0.4 is 14.4 Å². The number of hydrogen-bond donors (Lipinski definition) is 0. The van der Waals surface area contributed by atoms with Gasteiger partial charge in [-0.05, 0) is 37.4 Å². The molecule has 1 amide bonds. The fourth-order valence-electron chi connectivity index (χ4n) is 3.02. The summed E-state index contributed by atoms with van der Waals surface area (Å²) in [6, 6.07) is 7.18. The van der Waals surface area contributed by atoms with E-state index in [-0.39, 0.29) is 18.3 Å². The van der Waals surface area contributed by atoms with Crippen molar-refractivity contribution in [3.8, 4) is 11.5 Å². The van der Waals surface area contributed by atoms with Gasteiger partial charge in [0.2, 0.25) is 0 Å². The van der Waals surface area contributed by atoms with Crippen LogP contribution in [-0.2, 0) is 0 Å². The van der Waals surface area contributed by atoms with Crippen molar-refractivity contribution in [3.63, 3.8) is 0 Å². The number of aromatic nitrogens is 1. The van der Waals surface area contributed by atoms with Crippen LogP contribution in [0, 0.1) is 0 Å². The molecule has 2 heterocycles. The first-order valence-electron chi connectivity index (χ1n) is 9.33. The summed E-state index contributed by atoms with van der Waals surface area (Å²) in [4.78, 5) is 22.6. The molecule has 0 saturated heterocycles. The Labute approximate surface area is 195 Å². The summed E-state index contributed by atoms with van der Waals surface area (Å²) in [5.41, 5.74) is 0.691. The van der Waals surface area contributed by atoms with Crippen LogP contribution >= 0.6 is 46.7 Å². The Morgan fingerprint density at radius 1 is 1.03 bits per heavy atom. The zero-order valence-corrected chi connectivity index (χ0v) is 20.5. The van der Waals surface area contributed by atoms with Gasteiger partial charge in [-0.1, -0.05) is 36.8 Å². The molecule has 0 atom stereocenters. The van der Waals surface area contributed by atoms with E-state index in [0.717, 1.165) is 24.3 Å². The molecule has 1 aromatic carbocycles. The Morgan fingerprint density at radius 2 is 1.70 bits per heavy atom. The van der Waals surface area contributed by atoms with Gasteiger partial charge in [0.1, 0.15) is 21.7 Å². The molecule has 164 valence electrons. The van der Waals surface area contributed by atoms with Gasteiger partial charge in [0.05, 0.1) is 23.4 Å². The van der Waals surface area contributed by atoms with E-state index in [1.807, 2.05) is 12.1 Å². The monoisotopic (exact) mass is 489 g/mol. The molecule has 0 spiro atoms. The van der Waals surface area contributed by atoms with Crippen molar-refractivity contribution in [3.05, 3.63) is 33.5 Å². The quantitative estimate of drug-likeness (QED) is 0.400. The summed E-state index contributed by atoms with van der Waals surface area (Å²) in [5, 5.41) is 0.615. The summed E-state index contributed by atoms with van der Waals surface area (Å²) in [7, 11) is 3.23. The second-order valence-electron chi connectivity index (χ2n) is 6.23. The molecule has 6 nitrogen and oxygen atoms in total. The average Bonchev–Trinajstić information content (AvgIpc) is 3.36. The molecule has 3 aromatic rings. The molecule has 0 unspecified atom stereocenters. The Hall–Kier alpha value is -1.58. The van der Waals surface area contributed by atoms with Gasteiger partial charge in [-0.25, -0.2) is 4.98 Å². The molecule has 0 radical (unpaired) electrons. The van der Waals surface area contributed by atoms with Crippen molar-refractivity contribution in [1.29, 1.82) is 0 Å². The highest BCUT2D eigenvalue weighted by atomic mass is 35.5. The summed E-state index contributed by atoms with van der Waals surface area (Å²) < 4.78 is 12.4. The number of ether oxygens (including phenoxy) is 2. The van der Waals surface area contributed by atoms with Gasteiger partial charge in [0, 0.05) is 13.1 Å². The molecule has 0 N–H and O–H groups in total. The Morgan fingerprint density at radius 3 is 2.27 bits per heavy atom. The van der Waals surface area contributed by atoms with Crippen molar-refractivity contribution in [2.24, 2.45) is 0 Å². The van der Waals surface area contributed by atoms with Gasteiger partial charge in [0.15, 0.2) is 5.13 Å². The first-order valence-corrected chi connectivity index (χ1v) is 11.3. The van der Waals surface area contributed by atoms with Crippen LogP contribution in [0.1, 0.15) is 23.5 Å². The molecule has 0 fully saturated rings. The number of amides is 1. The molecule has 0 aliphatic rings. The number of halogens is 2. The van der Waals surface area contributed by atoms with Crippen LogP contribution in [0.3, 0.4) is 0 Å². The van der Waals surface area contributed by atoms with Crippen molar-refractivity contribution in [1.82, 2.24) is 9.88 Å². The summed E-state index contributed by atoms with van der Waals surface area (Å²) >= 11 is 8.76. The van der Waals surface area contributed by atoms with Crippen molar-refractivity contribution in [2.75, 3.05) is 45.3 Å². The lowest BCUT2D eigenvalue weighted by molar-refractivity contribution is 0.0987. The maximum Gasteiger partial charge on any atom is 0.270 e. The highest BCUT2D eigenvalue weighted by Crippen LogP contribution is 2.40. The number of fused-ring (bicyclic) bond motifs is 1. The molecule has 30 heavy (non-hydrogen) atoms. The number of anilines is 1. The van der Waals surface area contributed by atoms with E-state index in [0.29, 0.717) is 37.9 Å². The smallest absolute Gasteiger partial charge is 0.270 e. The highest BCUT2D eigenvalue weighted by molar-refractivity contribution is 7.23. The number of carbonyl (C=O) groups is 1. The van der Waals surface area contributed by atoms with Gasteiger partial charge in [-0.15, -0.1) is 23.7 Å². The third kappa shape index (κ3) is 5.18. The minimum Gasteiger partial charge on any atom is -0.495 e. The molecular weight excluding hydrogens is 465 g/mol. The molecule has 0 bridgehead atoms. The first kappa shape index (κ1) is 24.7. The molecule has 3 rings (SSSR count). The van der Waals surface area contributed by atoms with E-state index in [1.165, 1.54) is 22.7 Å². The lowest BCUT2D eigenvalue weighted by Crippen LogP contribution is -2.38. The standard InChI is InChI=1S/C20H24ClN3O3S2.ClH/c1-5-23(6-2)11-12-24(19(25)15-9-10-16(21)28-15)20-22-17-13(26-3)7-8-14(27-4)18(17)29-20;/h7-10H,5-6,11-12H2,1-4H3;1H. The van der Waals surface area contributed by atoms with Gasteiger partial charge < -0.3 is 14.4 Å². The van der Waals surface area contributed by atoms with Crippen LogP contribution in [0.15, 0.2) is 24.3 Å². The normalized spacial score (nSPS) is 10.9. The van der Waals surface area contributed by atoms with Crippen LogP contribution in [-0.4, -0.2) is 56.2 Å². The number of likely N-dealkylation sites (N-methyl/N-ethyl adjacent to an activating group) is 1. The first-order chi connectivity index (χ1) is 14.0. The van der Waals surface area contributed by atoms with Crippen molar-refractivity contribution < 1.29 is 14.3 Å². The fraction of sp³-hybridized carbons (Fsp3) is 0.400. The van der Waals surface area contributed by atoms with Crippen molar-refractivity contribution in [2.45, 2.75) is 13.8 Å². The number of methoxy groups -OCH3 is 2. The zero-order valence-electron chi connectivity index (χ0n) is 17.3. The zero-order chi connectivity index (χ0) is 21.0. The van der Waals surface area contributed by atoms with Gasteiger partial charge in [-0.3, -0.25) is 9.69 Å². The van der Waals surface area contributed by atoms with E-state index < -0.39 is 0 Å². The van der Waals surface area contributed by atoms with Crippen LogP contribution in [0.25, 0.3) is 10.2 Å². The Bertz CT molecular complexity index is 948. The van der Waals surface area contributed by atoms with Crippen LogP contribution in [0.5, 0.6) is 11.5 Å². The number of nitrogens with zero attached hydrogens (tertiary/aromatic N) is 3. The molecule has 2 aromatic heterocycles. The van der Waals surface area contributed by atoms with Crippen LogP contribution in [0.4, 0.5) is 5.13 Å². The van der Waals surface area contributed by atoms with Gasteiger partial charge >= 0.3 is 0 Å². The molecule has 0 aliphatic heterocycles. The third-order valence-corrected chi connectivity index (χ3v) is 7.01. The Balaban J connectivity index is 0.00000320. The molecule has 0 aliphatic carbocycles. The van der Waals surface area contributed by atoms with E-state index in [9.17, 15) is 4.79 Å². The number of benzene rings is 1.